The normalized spacial score (nSPS) is 10.9. The second kappa shape index (κ2) is 11.9. The highest BCUT2D eigenvalue weighted by Crippen LogP contribution is 2.38. The summed E-state index contributed by atoms with van der Waals surface area (Å²) in [6, 6.07) is 16.7. The minimum absolute atomic E-state index is 0.385. The summed E-state index contributed by atoms with van der Waals surface area (Å²) < 4.78 is 28.2. The summed E-state index contributed by atoms with van der Waals surface area (Å²) in [6.07, 6.45) is 5.32. The van der Waals surface area contributed by atoms with Crippen LogP contribution in [0.25, 0.3) is 10.8 Å². The topological polar surface area (TPSA) is 59.5 Å². The fraction of sp³-hybridized carbons (Fsp3) is 0.143. The van der Waals surface area contributed by atoms with Gasteiger partial charge in [0, 0.05) is 47.5 Å². The van der Waals surface area contributed by atoms with Gasteiger partial charge in [0.05, 0.1) is 36.4 Å². The van der Waals surface area contributed by atoms with Gasteiger partial charge < -0.3 is 14.8 Å². The Morgan fingerprint density at radius 1 is 1.05 bits per heavy atom. The van der Waals surface area contributed by atoms with Gasteiger partial charge in [-0.05, 0) is 53.2 Å². The smallest absolute Gasteiger partial charge is 0.195 e. The van der Waals surface area contributed by atoms with E-state index in [2.05, 4.69) is 15.3 Å². The van der Waals surface area contributed by atoms with Crippen molar-refractivity contribution in [3.8, 4) is 11.5 Å². The van der Waals surface area contributed by atoms with Crippen LogP contribution in [-0.4, -0.2) is 24.2 Å². The van der Waals surface area contributed by atoms with E-state index >= 15 is 4.39 Å². The number of hydrogen-bond acceptors (Lipinski definition) is 8. The van der Waals surface area contributed by atoms with E-state index in [1.807, 2.05) is 58.3 Å². The van der Waals surface area contributed by atoms with Crippen molar-refractivity contribution in [2.24, 2.45) is 0 Å². The quantitative estimate of drug-likeness (QED) is 0.173. The van der Waals surface area contributed by atoms with Crippen LogP contribution < -0.4 is 19.1 Å². The molecule has 0 saturated heterocycles. The van der Waals surface area contributed by atoms with Crippen LogP contribution in [0.15, 0.2) is 83.5 Å². The molecule has 2 heterocycles. The molecule has 0 atom stereocenters. The van der Waals surface area contributed by atoms with Crippen molar-refractivity contribution in [2.75, 3.05) is 23.8 Å². The number of halogens is 2. The van der Waals surface area contributed by atoms with Gasteiger partial charge in [-0.15, -0.1) is 11.3 Å². The molecule has 194 valence electrons. The Hall–Kier alpha value is -3.53. The van der Waals surface area contributed by atoms with Crippen LogP contribution in [-0.2, 0) is 13.1 Å². The molecule has 0 spiro atoms. The molecule has 3 aromatic carbocycles. The van der Waals surface area contributed by atoms with E-state index in [1.54, 1.807) is 32.7 Å². The maximum Gasteiger partial charge on any atom is 0.195 e. The SMILES string of the molecule is COc1ccc(CN(Sc2cc(Cl)c(NCc3cccc4ccncc34)cc2F)c2nccs2)c(OC)c1. The molecule has 1 N–H and O–H groups in total. The molecular formula is C28H24ClFN4O2S2. The Morgan fingerprint density at radius 3 is 2.74 bits per heavy atom. The second-order valence-corrected chi connectivity index (χ2v) is 10.6. The van der Waals surface area contributed by atoms with Crippen LogP contribution in [0, 0.1) is 5.82 Å². The van der Waals surface area contributed by atoms with Crippen molar-refractivity contribution in [3.05, 3.63) is 101 Å². The van der Waals surface area contributed by atoms with Gasteiger partial charge in [-0.3, -0.25) is 9.29 Å². The van der Waals surface area contributed by atoms with Crippen molar-refractivity contribution in [1.29, 1.82) is 0 Å². The van der Waals surface area contributed by atoms with E-state index in [4.69, 9.17) is 21.1 Å². The lowest BCUT2D eigenvalue weighted by Crippen LogP contribution is -2.15. The fourth-order valence-corrected chi connectivity index (χ4v) is 5.96. The van der Waals surface area contributed by atoms with Gasteiger partial charge in [-0.25, -0.2) is 9.37 Å². The zero-order valence-corrected chi connectivity index (χ0v) is 23.0. The Labute approximate surface area is 233 Å². The molecule has 38 heavy (non-hydrogen) atoms. The molecule has 0 fully saturated rings. The van der Waals surface area contributed by atoms with Gasteiger partial charge >= 0.3 is 0 Å². The summed E-state index contributed by atoms with van der Waals surface area (Å²) in [7, 11) is 3.22. The predicted molar refractivity (Wildman–Crippen MR) is 154 cm³/mol. The molecule has 10 heteroatoms. The van der Waals surface area contributed by atoms with Gasteiger partial charge in [0.1, 0.15) is 17.3 Å². The standard InChI is InChI=1S/C28H24ClFN4O2S2/c1-35-21-7-6-20(26(12-21)36-2)17-34(28-32-10-11-37-28)38-27-13-23(29)25(14-24(27)30)33-15-19-5-3-4-18-8-9-31-16-22(18)19/h3-14,16,33H,15,17H2,1-2H3. The Kier molecular flexibility index (Phi) is 8.17. The van der Waals surface area contributed by atoms with E-state index in [0.717, 1.165) is 27.0 Å². The lowest BCUT2D eigenvalue weighted by Gasteiger charge is -2.22. The average Bonchev–Trinajstić information content (AvgIpc) is 3.49. The van der Waals surface area contributed by atoms with Crippen LogP contribution in [0.2, 0.25) is 5.02 Å². The van der Waals surface area contributed by atoms with Crippen molar-refractivity contribution in [1.82, 2.24) is 9.97 Å². The number of rotatable bonds is 10. The molecule has 5 rings (SSSR count). The van der Waals surface area contributed by atoms with Gasteiger partial charge in [-0.2, -0.15) is 0 Å². The number of fused-ring (bicyclic) bond motifs is 1. The predicted octanol–water partition coefficient (Wildman–Crippen LogP) is 7.83. The number of ether oxygens (including phenoxy) is 2. The summed E-state index contributed by atoms with van der Waals surface area (Å²) >= 11 is 9.32. The zero-order valence-electron chi connectivity index (χ0n) is 20.7. The minimum atomic E-state index is -0.385. The Bertz CT molecular complexity index is 1550. The third-order valence-corrected chi connectivity index (χ3v) is 8.17. The maximum atomic E-state index is 15.4. The highest BCUT2D eigenvalue weighted by atomic mass is 35.5. The largest absolute Gasteiger partial charge is 0.497 e. The molecule has 5 aromatic rings. The number of anilines is 2. The molecule has 0 radical (unpaired) electrons. The average molecular weight is 567 g/mol. The summed E-state index contributed by atoms with van der Waals surface area (Å²) in [5.41, 5.74) is 2.48. The number of aromatic nitrogens is 2. The highest BCUT2D eigenvalue weighted by Gasteiger charge is 2.19. The van der Waals surface area contributed by atoms with E-state index in [-0.39, 0.29) is 5.82 Å². The third kappa shape index (κ3) is 5.80. The lowest BCUT2D eigenvalue weighted by molar-refractivity contribution is 0.391. The van der Waals surface area contributed by atoms with E-state index in [1.165, 1.54) is 29.4 Å². The molecule has 0 bridgehead atoms. The van der Waals surface area contributed by atoms with Crippen molar-refractivity contribution in [3.63, 3.8) is 0 Å². The van der Waals surface area contributed by atoms with Crippen LogP contribution in [0.3, 0.4) is 0 Å². The van der Waals surface area contributed by atoms with E-state index in [9.17, 15) is 0 Å². The number of nitrogens with zero attached hydrogens (tertiary/aromatic N) is 3. The minimum Gasteiger partial charge on any atom is -0.497 e. The van der Waals surface area contributed by atoms with Gasteiger partial charge in [0.25, 0.3) is 0 Å². The summed E-state index contributed by atoms with van der Waals surface area (Å²) in [5.74, 6) is 0.984. The number of nitrogens with one attached hydrogen (secondary N) is 1. The highest BCUT2D eigenvalue weighted by molar-refractivity contribution is 8.00. The number of hydrogen-bond donors (Lipinski definition) is 1. The number of benzene rings is 3. The number of pyridine rings is 1. The molecule has 0 saturated carbocycles. The van der Waals surface area contributed by atoms with Crippen LogP contribution in [0.4, 0.5) is 15.2 Å². The van der Waals surface area contributed by atoms with Gasteiger partial charge in [-0.1, -0.05) is 29.8 Å². The summed E-state index contributed by atoms with van der Waals surface area (Å²) in [5, 5.41) is 8.45. The first-order valence-corrected chi connectivity index (χ1v) is 13.7. The molecular weight excluding hydrogens is 543 g/mol. The number of thiazole rings is 1. The van der Waals surface area contributed by atoms with Crippen LogP contribution in [0.5, 0.6) is 11.5 Å². The van der Waals surface area contributed by atoms with Crippen LogP contribution >= 0.6 is 34.9 Å². The maximum absolute atomic E-state index is 15.4. The third-order valence-electron chi connectivity index (χ3n) is 5.91. The molecule has 0 unspecified atom stereocenters. The Balaban J connectivity index is 1.37. The van der Waals surface area contributed by atoms with Gasteiger partial charge in [0.15, 0.2) is 5.13 Å². The molecule has 0 aliphatic carbocycles. The number of methoxy groups -OCH3 is 2. The van der Waals surface area contributed by atoms with E-state index in [0.29, 0.717) is 40.2 Å². The molecule has 0 aliphatic heterocycles. The molecule has 0 amide bonds. The molecule has 6 nitrogen and oxygen atoms in total. The van der Waals surface area contributed by atoms with Crippen molar-refractivity contribution in [2.45, 2.75) is 18.0 Å². The lowest BCUT2D eigenvalue weighted by atomic mass is 10.1. The molecule has 0 aliphatic rings. The van der Waals surface area contributed by atoms with Crippen molar-refractivity contribution < 1.29 is 13.9 Å². The fourth-order valence-electron chi connectivity index (χ4n) is 3.99. The summed E-state index contributed by atoms with van der Waals surface area (Å²) in [4.78, 5) is 9.06. The first kappa shape index (κ1) is 26.1. The summed E-state index contributed by atoms with van der Waals surface area (Å²) in [6.45, 7) is 0.911. The van der Waals surface area contributed by atoms with Crippen molar-refractivity contribution >= 4 is 56.5 Å². The second-order valence-electron chi connectivity index (χ2n) is 8.25. The monoisotopic (exact) mass is 566 g/mol. The first-order chi connectivity index (χ1) is 18.6. The van der Waals surface area contributed by atoms with E-state index < -0.39 is 0 Å². The van der Waals surface area contributed by atoms with Gasteiger partial charge in [0.2, 0.25) is 0 Å². The van der Waals surface area contributed by atoms with Crippen LogP contribution in [0.1, 0.15) is 11.1 Å². The Morgan fingerprint density at radius 2 is 1.95 bits per heavy atom. The molecule has 2 aromatic heterocycles. The first-order valence-electron chi connectivity index (χ1n) is 11.7. The zero-order chi connectivity index (χ0) is 26.5.